The molecule has 42 heavy (non-hydrogen) atoms. The van der Waals surface area contributed by atoms with E-state index in [2.05, 4.69) is 125 Å². The Kier molecular flexibility index (Phi) is 15.0. The van der Waals surface area contributed by atoms with Crippen LogP contribution in [0.5, 0.6) is 0 Å². The summed E-state index contributed by atoms with van der Waals surface area (Å²) in [6, 6.07) is 15.1. The van der Waals surface area contributed by atoms with Crippen LogP contribution >= 0.6 is 0 Å². The molecule has 0 amide bonds. The van der Waals surface area contributed by atoms with Gasteiger partial charge >= 0.3 is 59.5 Å². The Hall–Kier alpha value is -0.747. The van der Waals surface area contributed by atoms with E-state index in [1.807, 2.05) is 0 Å². The van der Waals surface area contributed by atoms with Crippen LogP contribution in [-0.4, -0.2) is 3.21 Å². The summed E-state index contributed by atoms with van der Waals surface area (Å²) in [6.45, 7) is 24.9. The Bertz CT molecular complexity index is 1190. The summed E-state index contributed by atoms with van der Waals surface area (Å²) in [7, 11) is 0. The fourth-order valence-electron chi connectivity index (χ4n) is 5.70. The minimum atomic E-state index is 0. The molecule has 3 heteroatoms. The molecule has 0 N–H and O–H groups in total. The second-order valence-corrected chi connectivity index (χ2v) is 16.8. The van der Waals surface area contributed by atoms with Crippen LogP contribution < -0.4 is 24.8 Å². The van der Waals surface area contributed by atoms with Crippen molar-refractivity contribution in [2.45, 2.75) is 132 Å². The van der Waals surface area contributed by atoms with E-state index in [0.29, 0.717) is 11.3 Å². The monoisotopic (exact) mass is 682 g/mol. The van der Waals surface area contributed by atoms with Crippen molar-refractivity contribution in [2.24, 2.45) is 11.3 Å². The summed E-state index contributed by atoms with van der Waals surface area (Å²) in [5.74, 6) is 0.522. The molecule has 2 aromatic carbocycles. The van der Waals surface area contributed by atoms with E-state index in [9.17, 15) is 0 Å². The Balaban J connectivity index is 0.000000356. The Morgan fingerprint density at radius 1 is 0.786 bits per heavy atom. The van der Waals surface area contributed by atoms with E-state index < -0.39 is 0 Å². The molecular weight excluding hydrogens is 631 g/mol. The van der Waals surface area contributed by atoms with Crippen molar-refractivity contribution in [3.63, 3.8) is 0 Å². The zero-order valence-electron chi connectivity index (χ0n) is 28.2. The molecule has 5 rings (SSSR count). The first-order valence-corrected chi connectivity index (χ1v) is 16.8. The van der Waals surface area contributed by atoms with Gasteiger partial charge in [-0.3, -0.25) is 6.08 Å². The average molecular weight is 685 g/mol. The third-order valence-corrected chi connectivity index (χ3v) is 9.52. The Morgan fingerprint density at radius 2 is 1.36 bits per heavy atom. The van der Waals surface area contributed by atoms with E-state index >= 15 is 0 Å². The zero-order chi connectivity index (χ0) is 29.9. The standard InChI is InChI=1S/C21H25.C12H19.C6H10.2ClH.Zr/c1-20(2,3)16-9-7-14-11-15-8-10-17(21(4,5)6)13-19(15)18(14)12-16;1-6-10-7-9(2)8-11(10)12(3,4)5;1-2-4-6-5-3-1;;;/h7,9-10,12-13H,11H2,1-6H3;8-9H,6H2,1-5H3;1-5H2;2*1H;/q2*-1;;;;+2/p-2. The Morgan fingerprint density at radius 3 is 1.81 bits per heavy atom. The maximum atomic E-state index is 3.53. The van der Waals surface area contributed by atoms with Crippen molar-refractivity contribution in [2.75, 3.05) is 0 Å². The quantitative estimate of drug-likeness (QED) is 0.314. The van der Waals surface area contributed by atoms with Crippen LogP contribution in [0.1, 0.15) is 137 Å². The molecule has 0 heterocycles. The second-order valence-electron chi connectivity index (χ2n) is 15.1. The van der Waals surface area contributed by atoms with Gasteiger partial charge in [0.05, 0.1) is 0 Å². The SMILES string of the molecule is CC(C)(C)c1c[c-]c2c(c1)-c1cc(C(C)(C)C)ccc1C2.CCC1=[C-]C(C)C=C1C(C)(C)C.[Cl-].[Cl-].[Zr+2]=[C]1CCCCC1. The summed E-state index contributed by atoms with van der Waals surface area (Å²) in [6.07, 6.45) is 15.3. The molecule has 0 aliphatic heterocycles. The van der Waals surface area contributed by atoms with Crippen LogP contribution in [0.25, 0.3) is 11.1 Å². The third-order valence-electron chi connectivity index (χ3n) is 8.29. The van der Waals surface area contributed by atoms with E-state index in [1.165, 1.54) is 76.6 Å². The summed E-state index contributed by atoms with van der Waals surface area (Å²) in [5, 5.41) is 0. The van der Waals surface area contributed by atoms with Gasteiger partial charge in [-0.2, -0.15) is 41.0 Å². The molecule has 0 radical (unpaired) electrons. The van der Waals surface area contributed by atoms with Crippen molar-refractivity contribution >= 4 is 3.21 Å². The minimum absolute atomic E-state index is 0. The maximum absolute atomic E-state index is 3.53. The zero-order valence-corrected chi connectivity index (χ0v) is 32.2. The van der Waals surface area contributed by atoms with Crippen LogP contribution in [0, 0.1) is 23.5 Å². The fourth-order valence-corrected chi connectivity index (χ4v) is 6.57. The number of fused-ring (bicyclic) bond motifs is 3. The number of rotatable bonds is 1. The first-order valence-electron chi connectivity index (χ1n) is 15.6. The van der Waals surface area contributed by atoms with Gasteiger partial charge in [-0.15, -0.1) is 5.56 Å². The van der Waals surface area contributed by atoms with Gasteiger partial charge in [0, 0.05) is 0 Å². The van der Waals surface area contributed by atoms with Crippen molar-refractivity contribution in [3.8, 4) is 11.1 Å². The van der Waals surface area contributed by atoms with Gasteiger partial charge in [0.2, 0.25) is 0 Å². The predicted molar refractivity (Wildman–Crippen MR) is 173 cm³/mol. The van der Waals surface area contributed by atoms with Crippen LogP contribution in [0.4, 0.5) is 0 Å². The summed E-state index contributed by atoms with van der Waals surface area (Å²) < 4.78 is 1.80. The molecule has 1 fully saturated rings. The number of halogens is 2. The van der Waals surface area contributed by atoms with Gasteiger partial charge in [0.15, 0.2) is 0 Å². The van der Waals surface area contributed by atoms with E-state index in [1.54, 1.807) is 27.4 Å². The van der Waals surface area contributed by atoms with Crippen LogP contribution in [0.3, 0.4) is 0 Å². The van der Waals surface area contributed by atoms with E-state index in [4.69, 9.17) is 0 Å². The first-order chi connectivity index (χ1) is 18.5. The molecule has 1 saturated carbocycles. The third kappa shape index (κ3) is 10.7. The molecule has 2 aromatic rings. The van der Waals surface area contributed by atoms with Gasteiger partial charge in [0.25, 0.3) is 0 Å². The predicted octanol–water partition coefficient (Wildman–Crippen LogP) is 5.08. The number of benzene rings is 2. The molecule has 0 spiro atoms. The molecule has 0 bridgehead atoms. The van der Waals surface area contributed by atoms with Gasteiger partial charge in [-0.05, 0) is 17.4 Å². The van der Waals surface area contributed by atoms with Crippen molar-refractivity contribution in [3.05, 3.63) is 82.0 Å². The molecule has 0 saturated heterocycles. The number of allylic oxidation sites excluding steroid dienone is 4. The van der Waals surface area contributed by atoms with Crippen LogP contribution in [-0.2, 0) is 41.5 Å². The van der Waals surface area contributed by atoms with Gasteiger partial charge in [-0.25, -0.2) is 5.57 Å². The Labute approximate surface area is 286 Å². The van der Waals surface area contributed by atoms with Gasteiger partial charge in [-0.1, -0.05) is 129 Å². The average Bonchev–Trinajstić information content (AvgIpc) is 3.43. The summed E-state index contributed by atoms with van der Waals surface area (Å²) in [4.78, 5) is 0. The molecule has 3 aliphatic rings. The van der Waals surface area contributed by atoms with Crippen molar-refractivity contribution in [1.82, 2.24) is 0 Å². The number of hydrogen-bond donors (Lipinski definition) is 0. The number of hydrogen-bond acceptors (Lipinski definition) is 0. The molecule has 0 nitrogen and oxygen atoms in total. The normalized spacial score (nSPS) is 17.6. The molecule has 1 atom stereocenters. The van der Waals surface area contributed by atoms with E-state index in [0.717, 1.165) is 12.8 Å². The molecular formula is C39H54Cl2Zr-2. The topological polar surface area (TPSA) is 0 Å². The van der Waals surface area contributed by atoms with Crippen LogP contribution in [0.2, 0.25) is 0 Å². The van der Waals surface area contributed by atoms with Gasteiger partial charge in [0.1, 0.15) is 0 Å². The van der Waals surface area contributed by atoms with Crippen molar-refractivity contribution in [1.29, 1.82) is 0 Å². The fraction of sp³-hybridized carbons (Fsp3) is 0.564. The summed E-state index contributed by atoms with van der Waals surface area (Å²) in [5.41, 5.74) is 12.0. The molecule has 0 aromatic heterocycles. The molecule has 230 valence electrons. The van der Waals surface area contributed by atoms with Crippen molar-refractivity contribution < 1.29 is 49.0 Å². The summed E-state index contributed by atoms with van der Waals surface area (Å²) >= 11 is 1.69. The molecule has 3 aliphatic carbocycles. The molecule has 1 unspecified atom stereocenters. The second kappa shape index (κ2) is 16.0. The van der Waals surface area contributed by atoms with E-state index in [-0.39, 0.29) is 35.6 Å². The van der Waals surface area contributed by atoms with Gasteiger partial charge < -0.3 is 24.8 Å². The first kappa shape index (κ1) is 39.3. The van der Waals surface area contributed by atoms with Crippen LogP contribution in [0.15, 0.2) is 47.6 Å².